The minimum atomic E-state index is 0.180. The molecule has 0 radical (unpaired) electrons. The maximum absolute atomic E-state index is 10.1. The molecular weight excluding hydrogens is 372 g/mol. The summed E-state index contributed by atoms with van der Waals surface area (Å²) < 4.78 is 2.52. The van der Waals surface area contributed by atoms with Crippen LogP contribution < -0.4 is 22.1 Å². The van der Waals surface area contributed by atoms with E-state index in [4.69, 9.17) is 11.5 Å². The third-order valence-electron chi connectivity index (χ3n) is 5.65. The molecule has 0 bridgehead atoms. The van der Waals surface area contributed by atoms with E-state index >= 15 is 0 Å². The standard InChI is InChI=1S/C20H30N6OS/c21-17(16-3-1-2-4-19(16)27)11-18-20(22)24-12-14-13-25(9-10-26(14)18)28-15-5-7-23-8-6-15/h1-4,11,14-15,23-24,27H,5-10,12-13,21-22H2/b17-11-. The van der Waals surface area contributed by atoms with Gasteiger partial charge in [0.25, 0.3) is 0 Å². The summed E-state index contributed by atoms with van der Waals surface area (Å²) in [7, 11) is 0. The number of piperidine rings is 1. The number of nitrogens with zero attached hydrogens (tertiary/aromatic N) is 2. The molecule has 7 N–H and O–H groups in total. The van der Waals surface area contributed by atoms with Gasteiger partial charge < -0.3 is 32.1 Å². The van der Waals surface area contributed by atoms with Crippen LogP contribution in [0, 0.1) is 0 Å². The molecule has 2 fully saturated rings. The van der Waals surface area contributed by atoms with Crippen LogP contribution in [0.4, 0.5) is 0 Å². The van der Waals surface area contributed by atoms with Crippen molar-refractivity contribution in [3.8, 4) is 5.75 Å². The fraction of sp³-hybridized carbons (Fsp3) is 0.500. The van der Waals surface area contributed by atoms with Gasteiger partial charge in [0, 0.05) is 42.7 Å². The fourth-order valence-corrected chi connectivity index (χ4v) is 5.42. The number of piperazine rings is 1. The Bertz CT molecular complexity index is 761. The molecule has 1 aromatic rings. The van der Waals surface area contributed by atoms with Gasteiger partial charge in [0.05, 0.1) is 11.7 Å². The predicted molar refractivity (Wildman–Crippen MR) is 115 cm³/mol. The molecule has 0 spiro atoms. The van der Waals surface area contributed by atoms with Crippen LogP contribution in [-0.4, -0.2) is 64.9 Å². The summed E-state index contributed by atoms with van der Waals surface area (Å²) in [6, 6.07) is 7.48. The summed E-state index contributed by atoms with van der Waals surface area (Å²) >= 11 is 2.03. The highest BCUT2D eigenvalue weighted by Crippen LogP contribution is 2.30. The number of phenols is 1. The lowest BCUT2D eigenvalue weighted by molar-refractivity contribution is 0.151. The zero-order chi connectivity index (χ0) is 19.5. The van der Waals surface area contributed by atoms with Crippen molar-refractivity contribution in [2.75, 3.05) is 39.3 Å². The molecule has 1 unspecified atom stereocenters. The van der Waals surface area contributed by atoms with E-state index in [0.29, 0.717) is 23.1 Å². The Morgan fingerprint density at radius 2 is 2.00 bits per heavy atom. The Kier molecular flexibility index (Phi) is 5.89. The van der Waals surface area contributed by atoms with Gasteiger partial charge >= 0.3 is 0 Å². The third-order valence-corrected chi connectivity index (χ3v) is 7.05. The predicted octanol–water partition coefficient (Wildman–Crippen LogP) is 0.809. The first-order valence-corrected chi connectivity index (χ1v) is 10.8. The second-order valence-corrected chi connectivity index (χ2v) is 8.98. The molecule has 152 valence electrons. The van der Waals surface area contributed by atoms with Gasteiger partial charge in [-0.15, -0.1) is 0 Å². The zero-order valence-electron chi connectivity index (χ0n) is 16.1. The van der Waals surface area contributed by atoms with Gasteiger partial charge in [0.1, 0.15) is 11.6 Å². The molecular formula is C20H30N6OS. The summed E-state index contributed by atoms with van der Waals surface area (Å²) in [6.07, 6.45) is 4.37. The SMILES string of the molecule is NC1=C(/C=C(\N)c2ccccc2O)N2CCN(SC3CCNCC3)CC2CN1. The fourth-order valence-electron chi connectivity index (χ4n) is 4.10. The van der Waals surface area contributed by atoms with Crippen LogP contribution in [0.25, 0.3) is 5.70 Å². The Balaban J connectivity index is 1.46. The molecule has 4 rings (SSSR count). The molecule has 2 saturated heterocycles. The number of hydrogen-bond donors (Lipinski definition) is 5. The second-order valence-electron chi connectivity index (χ2n) is 7.59. The quantitative estimate of drug-likeness (QED) is 0.472. The van der Waals surface area contributed by atoms with Crippen molar-refractivity contribution in [2.45, 2.75) is 24.1 Å². The Morgan fingerprint density at radius 3 is 2.79 bits per heavy atom. The van der Waals surface area contributed by atoms with E-state index in [1.165, 1.54) is 12.8 Å². The van der Waals surface area contributed by atoms with Crippen molar-refractivity contribution in [3.05, 3.63) is 47.4 Å². The van der Waals surface area contributed by atoms with Crippen molar-refractivity contribution in [1.29, 1.82) is 0 Å². The van der Waals surface area contributed by atoms with Crippen LogP contribution in [0.2, 0.25) is 0 Å². The van der Waals surface area contributed by atoms with Crippen LogP contribution in [0.15, 0.2) is 41.9 Å². The van der Waals surface area contributed by atoms with Gasteiger partial charge in [-0.2, -0.15) is 0 Å². The average molecular weight is 403 g/mol. The second kappa shape index (κ2) is 8.55. The largest absolute Gasteiger partial charge is 0.507 e. The van der Waals surface area contributed by atoms with E-state index in [9.17, 15) is 5.11 Å². The Hall–Kier alpha value is -2.03. The molecule has 0 saturated carbocycles. The number of benzene rings is 1. The molecule has 0 aromatic heterocycles. The van der Waals surface area contributed by atoms with E-state index in [1.54, 1.807) is 12.1 Å². The maximum atomic E-state index is 10.1. The molecule has 3 aliphatic rings. The number of aromatic hydroxyl groups is 1. The summed E-state index contributed by atoms with van der Waals surface area (Å²) in [5.41, 5.74) is 14.6. The normalized spacial score (nSPS) is 24.8. The van der Waals surface area contributed by atoms with Gasteiger partial charge in [-0.1, -0.05) is 24.1 Å². The molecule has 0 amide bonds. The highest BCUT2D eigenvalue weighted by atomic mass is 32.2. The van der Waals surface area contributed by atoms with Crippen molar-refractivity contribution in [3.63, 3.8) is 0 Å². The lowest BCUT2D eigenvalue weighted by Gasteiger charge is -2.46. The summed E-state index contributed by atoms with van der Waals surface area (Å²) in [6.45, 7) is 6.02. The molecule has 28 heavy (non-hydrogen) atoms. The molecule has 1 atom stereocenters. The van der Waals surface area contributed by atoms with Crippen LogP contribution in [0.1, 0.15) is 18.4 Å². The number of nitrogens with two attached hydrogens (primary N) is 2. The van der Waals surface area contributed by atoms with Crippen molar-refractivity contribution >= 4 is 17.6 Å². The van der Waals surface area contributed by atoms with Crippen LogP contribution >= 0.6 is 11.9 Å². The minimum absolute atomic E-state index is 0.180. The third kappa shape index (κ3) is 4.19. The molecule has 8 heteroatoms. The number of phenolic OH excluding ortho intramolecular Hbond substituents is 1. The van der Waals surface area contributed by atoms with Crippen molar-refractivity contribution in [1.82, 2.24) is 19.8 Å². The topological polar surface area (TPSA) is 103 Å². The number of hydrogen-bond acceptors (Lipinski definition) is 8. The number of fused-ring (bicyclic) bond motifs is 1. The zero-order valence-corrected chi connectivity index (χ0v) is 16.9. The Labute approximate surface area is 170 Å². The van der Waals surface area contributed by atoms with Crippen LogP contribution in [0.5, 0.6) is 5.75 Å². The maximum Gasteiger partial charge on any atom is 0.124 e. The smallest absolute Gasteiger partial charge is 0.124 e. The molecule has 1 aromatic carbocycles. The van der Waals surface area contributed by atoms with Gasteiger partial charge in [-0.3, -0.25) is 0 Å². The summed E-state index contributed by atoms with van der Waals surface area (Å²) in [5.74, 6) is 0.827. The van der Waals surface area contributed by atoms with Gasteiger partial charge in [0.15, 0.2) is 0 Å². The number of allylic oxidation sites excluding steroid dienone is 1. The molecule has 7 nitrogen and oxygen atoms in total. The van der Waals surface area contributed by atoms with Gasteiger partial charge in [-0.25, -0.2) is 4.31 Å². The van der Waals surface area contributed by atoms with Crippen LogP contribution in [-0.2, 0) is 0 Å². The summed E-state index contributed by atoms with van der Waals surface area (Å²) in [5, 5.41) is 17.6. The van der Waals surface area contributed by atoms with Crippen LogP contribution in [0.3, 0.4) is 0 Å². The first-order valence-electron chi connectivity index (χ1n) is 10.00. The molecule has 3 aliphatic heterocycles. The minimum Gasteiger partial charge on any atom is -0.507 e. The lowest BCUT2D eigenvalue weighted by Crippen LogP contribution is -2.58. The highest BCUT2D eigenvalue weighted by molar-refractivity contribution is 7.97. The molecule has 0 aliphatic carbocycles. The van der Waals surface area contributed by atoms with Gasteiger partial charge in [-0.05, 0) is 44.1 Å². The number of para-hydroxylation sites is 1. The molecule has 3 heterocycles. The number of nitrogens with one attached hydrogen (secondary N) is 2. The average Bonchev–Trinajstić information content (AvgIpc) is 2.71. The van der Waals surface area contributed by atoms with E-state index in [-0.39, 0.29) is 5.75 Å². The van der Waals surface area contributed by atoms with E-state index in [2.05, 4.69) is 19.8 Å². The van der Waals surface area contributed by atoms with E-state index in [1.807, 2.05) is 30.2 Å². The van der Waals surface area contributed by atoms with Crippen molar-refractivity contribution < 1.29 is 5.11 Å². The monoisotopic (exact) mass is 402 g/mol. The van der Waals surface area contributed by atoms with Crippen molar-refractivity contribution in [2.24, 2.45) is 11.5 Å². The first-order chi connectivity index (χ1) is 13.6. The lowest BCUT2D eigenvalue weighted by atomic mass is 10.1. The Morgan fingerprint density at radius 1 is 1.21 bits per heavy atom. The number of rotatable bonds is 4. The summed E-state index contributed by atoms with van der Waals surface area (Å²) in [4.78, 5) is 2.36. The van der Waals surface area contributed by atoms with Gasteiger partial charge in [0.2, 0.25) is 0 Å². The van der Waals surface area contributed by atoms with E-state index in [0.717, 1.165) is 50.2 Å². The first kappa shape index (κ1) is 19.3. The highest BCUT2D eigenvalue weighted by Gasteiger charge is 2.33. The van der Waals surface area contributed by atoms with E-state index < -0.39 is 0 Å².